The number of guanidine groups is 1. The molecule has 0 amide bonds. The Morgan fingerprint density at radius 2 is 1.89 bits per heavy atom. The molecule has 2 saturated carbocycles. The third-order valence-corrected chi connectivity index (χ3v) is 8.33. The number of nitrogens with one attached hydrogen (secondary N) is 1. The van der Waals surface area contributed by atoms with Crippen LogP contribution in [0.4, 0.5) is 0 Å². The van der Waals surface area contributed by atoms with Gasteiger partial charge in [-0.15, -0.1) is 0 Å². The first-order valence-corrected chi connectivity index (χ1v) is 11.6. The summed E-state index contributed by atoms with van der Waals surface area (Å²) in [5.41, 5.74) is 0.407. The molecule has 2 aliphatic carbocycles. The second kappa shape index (κ2) is 7.55. The lowest BCUT2D eigenvalue weighted by molar-refractivity contribution is -0.125. The van der Waals surface area contributed by atoms with Crippen LogP contribution < -0.4 is 5.32 Å². The van der Waals surface area contributed by atoms with Gasteiger partial charge in [0.25, 0.3) is 0 Å². The van der Waals surface area contributed by atoms with Crippen molar-refractivity contribution in [3.8, 4) is 0 Å². The Balaban J connectivity index is 1.20. The van der Waals surface area contributed by atoms with E-state index in [1.165, 1.54) is 90.5 Å². The van der Waals surface area contributed by atoms with Crippen LogP contribution in [0.15, 0.2) is 4.99 Å². The molecule has 0 aromatic carbocycles. The first kappa shape index (κ1) is 18.2. The molecule has 5 rings (SSSR count). The van der Waals surface area contributed by atoms with E-state index in [9.17, 15) is 0 Å². The van der Waals surface area contributed by atoms with E-state index in [2.05, 4.69) is 15.1 Å². The number of rotatable bonds is 3. The summed E-state index contributed by atoms with van der Waals surface area (Å²) in [6.07, 6.45) is 12.8. The summed E-state index contributed by atoms with van der Waals surface area (Å²) < 4.78 is 6.16. The van der Waals surface area contributed by atoms with Crippen molar-refractivity contribution < 1.29 is 4.74 Å². The number of aliphatic imine (C=N–C) groups is 1. The number of hydrogen-bond acceptors (Lipinski definition) is 3. The molecule has 5 fully saturated rings. The molecular weight excluding hydrogens is 336 g/mol. The van der Waals surface area contributed by atoms with Gasteiger partial charge in [0.05, 0.1) is 6.10 Å². The highest BCUT2D eigenvalue weighted by Gasteiger charge is 2.65. The van der Waals surface area contributed by atoms with Crippen molar-refractivity contribution in [1.29, 1.82) is 0 Å². The van der Waals surface area contributed by atoms with Gasteiger partial charge in [-0.2, -0.15) is 0 Å². The quantitative estimate of drug-likeness (QED) is 0.609. The van der Waals surface area contributed by atoms with Gasteiger partial charge >= 0.3 is 0 Å². The zero-order chi connectivity index (χ0) is 18.3. The molecule has 3 saturated heterocycles. The van der Waals surface area contributed by atoms with Gasteiger partial charge in [-0.25, -0.2) is 0 Å². The van der Waals surface area contributed by atoms with Crippen LogP contribution in [0.25, 0.3) is 0 Å². The van der Waals surface area contributed by atoms with Crippen LogP contribution in [0.5, 0.6) is 0 Å². The smallest absolute Gasteiger partial charge is 0.193 e. The lowest BCUT2D eigenvalue weighted by Crippen LogP contribution is -2.69. The fourth-order valence-corrected chi connectivity index (χ4v) is 7.02. The van der Waals surface area contributed by atoms with Gasteiger partial charge < -0.3 is 19.9 Å². The second-order valence-electron chi connectivity index (χ2n) is 9.82. The highest BCUT2D eigenvalue weighted by Crippen LogP contribution is 2.60. The van der Waals surface area contributed by atoms with Gasteiger partial charge in [0.2, 0.25) is 0 Å². The molecule has 3 heterocycles. The second-order valence-corrected chi connectivity index (χ2v) is 9.82. The Hall–Kier alpha value is -0.810. The van der Waals surface area contributed by atoms with E-state index in [-0.39, 0.29) is 0 Å². The summed E-state index contributed by atoms with van der Waals surface area (Å²) in [4.78, 5) is 9.96. The molecule has 27 heavy (non-hydrogen) atoms. The maximum absolute atomic E-state index is 6.16. The summed E-state index contributed by atoms with van der Waals surface area (Å²) in [5.74, 6) is 2.69. The molecule has 152 valence electrons. The minimum Gasteiger partial charge on any atom is -0.377 e. The molecule has 4 atom stereocenters. The van der Waals surface area contributed by atoms with Crippen LogP contribution in [0.3, 0.4) is 0 Å². The van der Waals surface area contributed by atoms with Gasteiger partial charge in [-0.3, -0.25) is 4.99 Å². The molecule has 0 aromatic heterocycles. The zero-order valence-electron chi connectivity index (χ0n) is 17.2. The van der Waals surface area contributed by atoms with Crippen LogP contribution in [0, 0.1) is 17.3 Å². The largest absolute Gasteiger partial charge is 0.377 e. The highest BCUT2D eigenvalue weighted by molar-refractivity contribution is 5.80. The number of fused-ring (bicyclic) bond motifs is 2. The number of piperidine rings is 1. The fourth-order valence-electron chi connectivity index (χ4n) is 7.02. The van der Waals surface area contributed by atoms with Crippen molar-refractivity contribution in [2.75, 3.05) is 46.4 Å². The minimum atomic E-state index is 0.407. The lowest BCUT2D eigenvalue weighted by atomic mass is 9.54. The third-order valence-electron chi connectivity index (χ3n) is 8.33. The van der Waals surface area contributed by atoms with Crippen molar-refractivity contribution in [2.45, 2.75) is 69.9 Å². The van der Waals surface area contributed by atoms with E-state index in [0.29, 0.717) is 23.5 Å². The molecule has 0 aromatic rings. The van der Waals surface area contributed by atoms with Crippen LogP contribution in [-0.4, -0.2) is 74.3 Å². The molecule has 1 spiro atoms. The van der Waals surface area contributed by atoms with Crippen LogP contribution in [0.1, 0.15) is 57.8 Å². The Bertz CT molecular complexity index is 553. The summed E-state index contributed by atoms with van der Waals surface area (Å²) in [7, 11) is 1.98. The molecule has 0 bridgehead atoms. The molecule has 5 heteroatoms. The Morgan fingerprint density at radius 3 is 2.67 bits per heavy atom. The van der Waals surface area contributed by atoms with Crippen LogP contribution in [0.2, 0.25) is 0 Å². The molecule has 5 nitrogen and oxygen atoms in total. The molecule has 5 aliphatic rings. The predicted octanol–water partition coefficient (Wildman–Crippen LogP) is 2.72. The van der Waals surface area contributed by atoms with Gasteiger partial charge in [-0.05, 0) is 57.5 Å². The van der Waals surface area contributed by atoms with Crippen molar-refractivity contribution in [3.63, 3.8) is 0 Å². The molecule has 4 unspecified atom stereocenters. The zero-order valence-corrected chi connectivity index (χ0v) is 17.2. The van der Waals surface area contributed by atoms with Gasteiger partial charge in [0.1, 0.15) is 0 Å². The maximum Gasteiger partial charge on any atom is 0.193 e. The number of ether oxygens (including phenoxy) is 1. The monoisotopic (exact) mass is 374 g/mol. The normalized spacial score (nSPS) is 39.0. The number of likely N-dealkylation sites (tertiary alicyclic amines) is 2. The maximum atomic E-state index is 6.16. The summed E-state index contributed by atoms with van der Waals surface area (Å²) >= 11 is 0. The van der Waals surface area contributed by atoms with Crippen LogP contribution >= 0.6 is 0 Å². The van der Waals surface area contributed by atoms with Crippen molar-refractivity contribution in [1.82, 2.24) is 15.1 Å². The van der Waals surface area contributed by atoms with E-state index < -0.39 is 0 Å². The average Bonchev–Trinajstić information content (AvgIpc) is 3.43. The summed E-state index contributed by atoms with van der Waals surface area (Å²) in [6, 6.07) is 0.590. The lowest BCUT2D eigenvalue weighted by Gasteiger charge is -2.57. The van der Waals surface area contributed by atoms with Crippen molar-refractivity contribution >= 4 is 5.96 Å². The Kier molecular flexibility index (Phi) is 5.10. The van der Waals surface area contributed by atoms with Gasteiger partial charge in [0.15, 0.2) is 5.96 Å². The van der Waals surface area contributed by atoms with E-state index in [1.54, 1.807) is 0 Å². The summed E-state index contributed by atoms with van der Waals surface area (Å²) in [6.45, 7) is 7.24. The van der Waals surface area contributed by atoms with E-state index in [0.717, 1.165) is 18.5 Å². The third kappa shape index (κ3) is 3.19. The van der Waals surface area contributed by atoms with Crippen molar-refractivity contribution in [3.05, 3.63) is 0 Å². The molecule has 3 aliphatic heterocycles. The van der Waals surface area contributed by atoms with Crippen LogP contribution in [-0.2, 0) is 4.74 Å². The standard InChI is InChI=1S/C22H38N4O/c1-23-21(26-13-7-17(16-26)15-25-11-5-2-6-12-25)24-19-18-8-14-27-20(18)22(19)9-3-4-10-22/h17-20H,2-16H2,1H3,(H,23,24). The predicted molar refractivity (Wildman–Crippen MR) is 109 cm³/mol. The molecular formula is C22H38N4O. The van der Waals surface area contributed by atoms with Gasteiger partial charge in [0, 0.05) is 50.7 Å². The highest BCUT2D eigenvalue weighted by atomic mass is 16.5. The topological polar surface area (TPSA) is 40.1 Å². The number of hydrogen-bond donors (Lipinski definition) is 1. The molecule has 1 N–H and O–H groups in total. The average molecular weight is 375 g/mol. The van der Waals surface area contributed by atoms with Crippen molar-refractivity contribution in [2.24, 2.45) is 22.2 Å². The minimum absolute atomic E-state index is 0.407. The Labute approximate surface area is 164 Å². The molecule has 0 radical (unpaired) electrons. The SMILES string of the molecule is CN=C(NC1C2CCOC2C12CCCC2)N1CCC(CN2CCCCC2)C1. The first-order valence-electron chi connectivity index (χ1n) is 11.6. The summed E-state index contributed by atoms with van der Waals surface area (Å²) in [5, 5.41) is 3.96. The van der Waals surface area contributed by atoms with Gasteiger partial charge in [-0.1, -0.05) is 19.3 Å². The first-order chi connectivity index (χ1) is 13.3. The number of nitrogens with zero attached hydrogens (tertiary/aromatic N) is 3. The fraction of sp³-hybridized carbons (Fsp3) is 0.955. The Morgan fingerprint density at radius 1 is 1.07 bits per heavy atom. The van der Waals surface area contributed by atoms with E-state index >= 15 is 0 Å². The van der Waals surface area contributed by atoms with E-state index in [1.807, 2.05) is 7.05 Å². The van der Waals surface area contributed by atoms with E-state index in [4.69, 9.17) is 9.73 Å².